The maximum absolute atomic E-state index is 12.8. The molecule has 0 unspecified atom stereocenters. The second-order valence-electron chi connectivity index (χ2n) is 7.61. The van der Waals surface area contributed by atoms with Crippen LogP contribution in [0.4, 0.5) is 0 Å². The Morgan fingerprint density at radius 1 is 1.00 bits per heavy atom. The van der Waals surface area contributed by atoms with Gasteiger partial charge < -0.3 is 5.32 Å². The number of nitrogens with zero attached hydrogens (tertiary/aromatic N) is 2. The van der Waals surface area contributed by atoms with Crippen LogP contribution in [0.3, 0.4) is 0 Å². The summed E-state index contributed by atoms with van der Waals surface area (Å²) in [6.07, 6.45) is 0. The highest BCUT2D eigenvalue weighted by molar-refractivity contribution is 7.89. The first-order chi connectivity index (χ1) is 13.9. The fourth-order valence-electron chi connectivity index (χ4n) is 3.41. The number of nitrogens with one attached hydrogen (secondary N) is 1. The van der Waals surface area contributed by atoms with Gasteiger partial charge in [0.2, 0.25) is 15.9 Å². The minimum Gasteiger partial charge on any atom is -0.354 e. The molecule has 1 aliphatic rings. The van der Waals surface area contributed by atoms with E-state index >= 15 is 0 Å². The molecule has 1 heterocycles. The highest BCUT2D eigenvalue weighted by Gasteiger charge is 2.29. The molecule has 0 radical (unpaired) electrons. The molecule has 0 saturated carbocycles. The summed E-state index contributed by atoms with van der Waals surface area (Å²) in [5.74, 6) is 0.222. The number of sulfonamides is 1. The van der Waals surface area contributed by atoms with Gasteiger partial charge in [0, 0.05) is 32.7 Å². The van der Waals surface area contributed by atoms with Gasteiger partial charge in [0.1, 0.15) is 0 Å². The molecule has 156 valence electrons. The molecule has 0 bridgehead atoms. The van der Waals surface area contributed by atoms with Gasteiger partial charge in [-0.3, -0.25) is 9.69 Å². The van der Waals surface area contributed by atoms with Crippen molar-refractivity contribution in [3.8, 4) is 0 Å². The fraction of sp³-hybridized carbons (Fsp3) is 0.409. The van der Waals surface area contributed by atoms with Gasteiger partial charge >= 0.3 is 0 Å². The summed E-state index contributed by atoms with van der Waals surface area (Å²) in [6.45, 7) is 6.78. The third-order valence-corrected chi connectivity index (χ3v) is 7.24. The molecule has 1 fully saturated rings. The average molecular weight is 416 g/mol. The first-order valence-electron chi connectivity index (χ1n) is 9.97. The number of piperazine rings is 1. The highest BCUT2D eigenvalue weighted by Crippen LogP contribution is 2.18. The van der Waals surface area contributed by atoms with Gasteiger partial charge in [-0.05, 0) is 30.5 Å². The van der Waals surface area contributed by atoms with E-state index in [0.717, 1.165) is 5.56 Å². The number of amides is 1. The molecule has 1 aliphatic heterocycles. The lowest BCUT2D eigenvalue weighted by atomic mass is 10.0. The summed E-state index contributed by atoms with van der Waals surface area (Å²) in [5, 5.41) is 2.99. The maximum Gasteiger partial charge on any atom is 0.243 e. The van der Waals surface area contributed by atoms with Crippen molar-refractivity contribution in [1.29, 1.82) is 0 Å². The van der Waals surface area contributed by atoms with Crippen molar-refractivity contribution in [2.24, 2.45) is 0 Å². The van der Waals surface area contributed by atoms with E-state index in [4.69, 9.17) is 0 Å². The molecule has 0 spiro atoms. The summed E-state index contributed by atoms with van der Waals surface area (Å²) in [5.41, 5.74) is 2.23. The third-order valence-electron chi connectivity index (χ3n) is 5.33. The molecule has 6 nitrogen and oxygen atoms in total. The van der Waals surface area contributed by atoms with Gasteiger partial charge in [0.15, 0.2) is 0 Å². The van der Waals surface area contributed by atoms with E-state index in [9.17, 15) is 13.2 Å². The topological polar surface area (TPSA) is 69.7 Å². The predicted octanol–water partition coefficient (Wildman–Crippen LogP) is 2.22. The number of rotatable bonds is 7. The largest absolute Gasteiger partial charge is 0.354 e. The molecule has 0 aliphatic carbocycles. The molecule has 2 aromatic rings. The second kappa shape index (κ2) is 9.52. The van der Waals surface area contributed by atoms with E-state index < -0.39 is 10.0 Å². The lowest BCUT2D eigenvalue weighted by Gasteiger charge is -2.33. The van der Waals surface area contributed by atoms with E-state index in [-0.39, 0.29) is 11.8 Å². The van der Waals surface area contributed by atoms with Crippen molar-refractivity contribution >= 4 is 15.9 Å². The highest BCUT2D eigenvalue weighted by atomic mass is 32.2. The Bertz CT molecular complexity index is 906. The van der Waals surface area contributed by atoms with Crippen LogP contribution < -0.4 is 5.32 Å². The van der Waals surface area contributed by atoms with Crippen molar-refractivity contribution in [2.45, 2.75) is 24.7 Å². The van der Waals surface area contributed by atoms with E-state index in [1.54, 1.807) is 12.1 Å². The Labute approximate surface area is 173 Å². The molecule has 1 saturated heterocycles. The Kier molecular flexibility index (Phi) is 7.05. The lowest BCUT2D eigenvalue weighted by Crippen LogP contribution is -2.51. The molecule has 3 rings (SSSR count). The van der Waals surface area contributed by atoms with Crippen molar-refractivity contribution in [1.82, 2.24) is 14.5 Å². The molecule has 0 aromatic heterocycles. The van der Waals surface area contributed by atoms with Crippen molar-refractivity contribution in [3.63, 3.8) is 0 Å². The molecule has 7 heteroatoms. The standard InChI is InChI=1S/C22H29N3O3S/c1-18-8-10-21(11-9-18)29(27,28)25-14-12-24(13-15-25)17-22(26)23-16-19(2)20-6-4-3-5-7-20/h3-11,19H,12-17H2,1-2H3,(H,23,26)/t19-/m0/s1. The third kappa shape index (κ3) is 5.65. The Hall–Kier alpha value is -2.22. The molecular weight excluding hydrogens is 386 g/mol. The SMILES string of the molecule is Cc1ccc(S(=O)(=O)N2CCN(CC(=O)NC[C@H](C)c3ccccc3)CC2)cc1. The summed E-state index contributed by atoms with van der Waals surface area (Å²) in [4.78, 5) is 14.6. The Morgan fingerprint density at radius 3 is 2.24 bits per heavy atom. The van der Waals surface area contributed by atoms with E-state index in [1.807, 2.05) is 42.2 Å². The predicted molar refractivity (Wildman–Crippen MR) is 114 cm³/mol. The van der Waals surface area contributed by atoms with Crippen LogP contribution in [0.2, 0.25) is 0 Å². The summed E-state index contributed by atoms with van der Waals surface area (Å²) in [6, 6.07) is 17.0. The van der Waals surface area contributed by atoms with E-state index in [1.165, 1.54) is 9.87 Å². The second-order valence-corrected chi connectivity index (χ2v) is 9.55. The minimum atomic E-state index is -3.48. The van der Waals surface area contributed by atoms with Crippen LogP contribution in [0.15, 0.2) is 59.5 Å². The number of benzene rings is 2. The first kappa shape index (κ1) is 21.5. The lowest BCUT2D eigenvalue weighted by molar-refractivity contribution is -0.122. The Morgan fingerprint density at radius 2 is 1.62 bits per heavy atom. The summed E-state index contributed by atoms with van der Waals surface area (Å²) >= 11 is 0. The number of aryl methyl sites for hydroxylation is 1. The number of hydrogen-bond donors (Lipinski definition) is 1. The van der Waals surface area contributed by atoms with Crippen molar-refractivity contribution < 1.29 is 13.2 Å². The minimum absolute atomic E-state index is 0.0253. The first-order valence-corrected chi connectivity index (χ1v) is 11.4. The zero-order chi connectivity index (χ0) is 20.9. The Balaban J connectivity index is 1.45. The molecular formula is C22H29N3O3S. The van der Waals surface area contributed by atoms with Gasteiger partial charge in [-0.2, -0.15) is 4.31 Å². The fourth-order valence-corrected chi connectivity index (χ4v) is 4.83. The molecule has 1 amide bonds. The smallest absolute Gasteiger partial charge is 0.243 e. The maximum atomic E-state index is 12.8. The van der Waals surface area contributed by atoms with Crippen LogP contribution in [0.25, 0.3) is 0 Å². The van der Waals surface area contributed by atoms with Crippen LogP contribution in [-0.2, 0) is 14.8 Å². The summed E-state index contributed by atoms with van der Waals surface area (Å²) in [7, 11) is -3.48. The van der Waals surface area contributed by atoms with E-state index in [2.05, 4.69) is 24.4 Å². The van der Waals surface area contributed by atoms with Crippen LogP contribution in [0, 0.1) is 6.92 Å². The van der Waals surface area contributed by atoms with Crippen molar-refractivity contribution in [3.05, 3.63) is 65.7 Å². The van der Waals surface area contributed by atoms with Gasteiger partial charge in [-0.1, -0.05) is 55.0 Å². The monoisotopic (exact) mass is 415 g/mol. The zero-order valence-electron chi connectivity index (χ0n) is 17.0. The van der Waals surface area contributed by atoms with Gasteiger partial charge in [-0.25, -0.2) is 8.42 Å². The number of carbonyl (C=O) groups excluding carboxylic acids is 1. The van der Waals surface area contributed by atoms with Gasteiger partial charge in [-0.15, -0.1) is 0 Å². The number of carbonyl (C=O) groups is 1. The zero-order valence-corrected chi connectivity index (χ0v) is 17.9. The molecule has 1 N–H and O–H groups in total. The summed E-state index contributed by atoms with van der Waals surface area (Å²) < 4.78 is 27.0. The quantitative estimate of drug-likeness (QED) is 0.753. The van der Waals surface area contributed by atoms with Crippen LogP contribution in [-0.4, -0.2) is 62.8 Å². The molecule has 29 heavy (non-hydrogen) atoms. The number of hydrogen-bond acceptors (Lipinski definition) is 4. The average Bonchev–Trinajstić information content (AvgIpc) is 2.73. The van der Waals surface area contributed by atoms with Crippen LogP contribution in [0.1, 0.15) is 24.0 Å². The van der Waals surface area contributed by atoms with E-state index in [0.29, 0.717) is 44.2 Å². The van der Waals surface area contributed by atoms with Crippen molar-refractivity contribution in [2.75, 3.05) is 39.3 Å². The molecule has 2 aromatic carbocycles. The van der Waals surface area contributed by atoms with Gasteiger partial charge in [0.25, 0.3) is 0 Å². The van der Waals surface area contributed by atoms with Gasteiger partial charge in [0.05, 0.1) is 11.4 Å². The van der Waals surface area contributed by atoms with Crippen LogP contribution in [0.5, 0.6) is 0 Å². The normalized spacial score (nSPS) is 17.0. The van der Waals surface area contributed by atoms with Crippen LogP contribution >= 0.6 is 0 Å². The molecule has 1 atom stereocenters.